The number of pyridine rings is 2. The Balaban J connectivity index is 0.000000175. The molecule has 4 N–H and O–H groups in total. The van der Waals surface area contributed by atoms with E-state index in [-0.39, 0.29) is 18.1 Å². The lowest BCUT2D eigenvalue weighted by molar-refractivity contribution is -0.385. The van der Waals surface area contributed by atoms with E-state index in [4.69, 9.17) is 11.5 Å². The minimum atomic E-state index is -0.473. The van der Waals surface area contributed by atoms with Gasteiger partial charge in [0.05, 0.1) is 35.4 Å². The third-order valence-corrected chi connectivity index (χ3v) is 4.22. The third kappa shape index (κ3) is 5.46. The molecule has 5 aromatic heterocycles. The summed E-state index contributed by atoms with van der Waals surface area (Å²) in [7, 11) is 5.39. The molecule has 0 amide bonds. The SMILES string of the molecule is Cl.Cn1ncc2cc(N)cnc21.Cn1ncc2cc([N+](=O)[O-])cnc21.Cn1nccc1N. The van der Waals surface area contributed by atoms with E-state index in [1.165, 1.54) is 12.3 Å². The van der Waals surface area contributed by atoms with Gasteiger partial charge in [0.2, 0.25) is 0 Å². The summed E-state index contributed by atoms with van der Waals surface area (Å²) in [6.45, 7) is 0. The standard InChI is InChI=1S/C7H6N4O2.C7H8N4.C4H7N3.ClH/c1-10-7-5(3-9-10)2-6(4-8-7)11(12)13;1-11-7-5(3-10-11)2-6(8)4-9-7;1-7-4(5)2-3-6-7;/h2-4H,1H3;2-4H,8H2,1H3;2-3H,5H2,1H3;1H. The zero-order chi connectivity index (χ0) is 22.5. The first kappa shape index (κ1) is 24.0. The number of hydrogen-bond acceptors (Lipinski definition) is 9. The van der Waals surface area contributed by atoms with Crippen LogP contribution >= 0.6 is 12.4 Å². The second kappa shape index (κ2) is 10.2. The van der Waals surface area contributed by atoms with Crippen LogP contribution < -0.4 is 11.5 Å². The van der Waals surface area contributed by atoms with Crippen molar-refractivity contribution in [1.82, 2.24) is 39.3 Å². The number of aryl methyl sites for hydroxylation is 3. The minimum Gasteiger partial charge on any atom is -0.397 e. The van der Waals surface area contributed by atoms with Gasteiger partial charge in [0, 0.05) is 38.0 Å². The Kier molecular flexibility index (Phi) is 7.63. The van der Waals surface area contributed by atoms with Crippen LogP contribution in [0.5, 0.6) is 0 Å². The Morgan fingerprint density at radius 1 is 0.844 bits per heavy atom. The Labute approximate surface area is 188 Å². The maximum absolute atomic E-state index is 10.4. The predicted molar refractivity (Wildman–Crippen MR) is 123 cm³/mol. The van der Waals surface area contributed by atoms with Crippen LogP contribution in [0, 0.1) is 10.1 Å². The van der Waals surface area contributed by atoms with E-state index >= 15 is 0 Å². The molecule has 0 bridgehead atoms. The van der Waals surface area contributed by atoms with Gasteiger partial charge >= 0.3 is 0 Å². The van der Waals surface area contributed by atoms with E-state index in [1.54, 1.807) is 59.0 Å². The Morgan fingerprint density at radius 2 is 1.41 bits per heavy atom. The van der Waals surface area contributed by atoms with Gasteiger partial charge in [0.1, 0.15) is 12.0 Å². The molecule has 0 saturated heterocycles. The number of fused-ring (bicyclic) bond motifs is 2. The van der Waals surface area contributed by atoms with Gasteiger partial charge in [0.25, 0.3) is 5.69 Å². The molecule has 0 saturated carbocycles. The summed E-state index contributed by atoms with van der Waals surface area (Å²) in [6.07, 6.45) is 7.82. The molecule has 14 heteroatoms. The van der Waals surface area contributed by atoms with Crippen LogP contribution in [0.15, 0.2) is 49.2 Å². The average molecular weight is 460 g/mol. The van der Waals surface area contributed by atoms with Crippen LogP contribution in [-0.2, 0) is 21.1 Å². The van der Waals surface area contributed by atoms with Crippen LogP contribution in [0.1, 0.15) is 0 Å². The van der Waals surface area contributed by atoms with Crippen molar-refractivity contribution in [2.45, 2.75) is 0 Å². The van der Waals surface area contributed by atoms with Crippen molar-refractivity contribution < 1.29 is 4.92 Å². The molecule has 0 atom stereocenters. The molecule has 13 nitrogen and oxygen atoms in total. The van der Waals surface area contributed by atoms with Gasteiger partial charge < -0.3 is 11.5 Å². The Morgan fingerprint density at radius 3 is 1.88 bits per heavy atom. The number of halogens is 1. The molecule has 0 radical (unpaired) electrons. The first-order valence-corrected chi connectivity index (χ1v) is 8.95. The van der Waals surface area contributed by atoms with E-state index in [0.29, 0.717) is 22.5 Å². The van der Waals surface area contributed by atoms with E-state index in [0.717, 1.165) is 11.0 Å². The van der Waals surface area contributed by atoms with Crippen LogP contribution in [0.25, 0.3) is 22.1 Å². The van der Waals surface area contributed by atoms with E-state index < -0.39 is 4.92 Å². The molecular weight excluding hydrogens is 438 g/mol. The Bertz CT molecular complexity index is 1320. The monoisotopic (exact) mass is 459 g/mol. The zero-order valence-electron chi connectivity index (χ0n) is 17.5. The highest BCUT2D eigenvalue weighted by Gasteiger charge is 2.09. The first-order valence-electron chi connectivity index (χ1n) is 8.95. The fourth-order valence-corrected chi connectivity index (χ4v) is 2.58. The summed E-state index contributed by atoms with van der Waals surface area (Å²) >= 11 is 0. The quantitative estimate of drug-likeness (QED) is 0.280. The summed E-state index contributed by atoms with van der Waals surface area (Å²) in [5, 5.41) is 23.8. The highest BCUT2D eigenvalue weighted by atomic mass is 35.5. The van der Waals surface area contributed by atoms with Gasteiger partial charge in [-0.2, -0.15) is 15.3 Å². The average Bonchev–Trinajstić information content (AvgIpc) is 3.42. The molecule has 0 aliphatic carbocycles. The fourth-order valence-electron chi connectivity index (χ4n) is 2.58. The summed E-state index contributed by atoms with van der Waals surface area (Å²) in [6, 6.07) is 5.06. The lowest BCUT2D eigenvalue weighted by Gasteiger charge is -1.93. The normalized spacial score (nSPS) is 9.97. The highest BCUT2D eigenvalue weighted by molar-refractivity contribution is 5.85. The molecule has 5 aromatic rings. The van der Waals surface area contributed by atoms with Crippen molar-refractivity contribution >= 4 is 51.7 Å². The molecule has 5 rings (SSSR count). The molecule has 0 fully saturated rings. The van der Waals surface area contributed by atoms with Crippen molar-refractivity contribution in [3.8, 4) is 0 Å². The number of nitrogens with two attached hydrogens (primary N) is 2. The fraction of sp³-hybridized carbons (Fsp3) is 0.167. The molecule has 168 valence electrons. The first-order chi connectivity index (χ1) is 14.8. The van der Waals surface area contributed by atoms with Gasteiger partial charge in [-0.3, -0.25) is 24.2 Å². The molecule has 0 aliphatic rings. The maximum atomic E-state index is 10.4. The summed E-state index contributed by atoms with van der Waals surface area (Å²) in [5.74, 6) is 0.694. The number of nitro groups is 1. The van der Waals surface area contributed by atoms with Crippen LogP contribution in [0.4, 0.5) is 17.2 Å². The van der Waals surface area contributed by atoms with Gasteiger partial charge in [-0.05, 0) is 12.1 Å². The van der Waals surface area contributed by atoms with E-state index in [1.807, 2.05) is 13.1 Å². The van der Waals surface area contributed by atoms with E-state index in [9.17, 15) is 10.1 Å². The molecular formula is C18H22ClN11O2. The smallest absolute Gasteiger partial charge is 0.288 e. The third-order valence-electron chi connectivity index (χ3n) is 4.22. The number of nitrogens with zero attached hydrogens (tertiary/aromatic N) is 9. The van der Waals surface area contributed by atoms with Crippen LogP contribution in [0.2, 0.25) is 0 Å². The van der Waals surface area contributed by atoms with Crippen LogP contribution in [-0.4, -0.2) is 44.2 Å². The van der Waals surface area contributed by atoms with Crippen molar-refractivity contribution in [2.24, 2.45) is 21.1 Å². The lowest BCUT2D eigenvalue weighted by atomic mass is 10.3. The predicted octanol–water partition coefficient (Wildman–Crippen LogP) is 1.85. The molecule has 0 spiro atoms. The maximum Gasteiger partial charge on any atom is 0.288 e. The van der Waals surface area contributed by atoms with Crippen molar-refractivity contribution in [2.75, 3.05) is 11.5 Å². The number of anilines is 2. The molecule has 5 heterocycles. The number of nitrogen functional groups attached to an aromatic ring is 2. The second-order valence-corrected chi connectivity index (χ2v) is 6.46. The lowest BCUT2D eigenvalue weighted by Crippen LogP contribution is -1.95. The van der Waals surface area contributed by atoms with Crippen LogP contribution in [0.3, 0.4) is 0 Å². The number of aromatic nitrogens is 8. The topological polar surface area (TPSA) is 174 Å². The second-order valence-electron chi connectivity index (χ2n) is 6.46. The van der Waals surface area contributed by atoms with Crippen molar-refractivity contribution in [3.63, 3.8) is 0 Å². The molecule has 32 heavy (non-hydrogen) atoms. The van der Waals surface area contributed by atoms with Crippen molar-refractivity contribution in [1.29, 1.82) is 0 Å². The summed E-state index contributed by atoms with van der Waals surface area (Å²) in [4.78, 5) is 18.0. The van der Waals surface area contributed by atoms with Gasteiger partial charge in [0.15, 0.2) is 11.3 Å². The van der Waals surface area contributed by atoms with Gasteiger partial charge in [-0.25, -0.2) is 9.97 Å². The summed E-state index contributed by atoms with van der Waals surface area (Å²) < 4.78 is 4.90. The molecule has 0 unspecified atom stereocenters. The molecule has 0 aliphatic heterocycles. The van der Waals surface area contributed by atoms with Gasteiger partial charge in [-0.15, -0.1) is 12.4 Å². The number of hydrogen-bond donors (Lipinski definition) is 2. The number of rotatable bonds is 1. The van der Waals surface area contributed by atoms with E-state index in [2.05, 4.69) is 25.3 Å². The van der Waals surface area contributed by atoms with Gasteiger partial charge in [-0.1, -0.05) is 0 Å². The zero-order valence-corrected chi connectivity index (χ0v) is 18.3. The minimum absolute atomic E-state index is 0. The highest BCUT2D eigenvalue weighted by Crippen LogP contribution is 2.16. The van der Waals surface area contributed by atoms with Crippen molar-refractivity contribution in [3.05, 3.63) is 59.3 Å². The summed E-state index contributed by atoms with van der Waals surface area (Å²) in [5.41, 5.74) is 13.0. The largest absolute Gasteiger partial charge is 0.397 e. The Hall–Kier alpha value is -4.26. The molecule has 0 aromatic carbocycles.